The highest BCUT2D eigenvalue weighted by molar-refractivity contribution is 5.79. The van der Waals surface area contributed by atoms with E-state index in [4.69, 9.17) is 4.74 Å². The molecule has 4 rings (SSSR count). The molecule has 0 heterocycles. The van der Waals surface area contributed by atoms with Crippen LogP contribution in [0, 0.1) is 17.5 Å². The zero-order chi connectivity index (χ0) is 23.0. The minimum atomic E-state index is -3.64. The van der Waals surface area contributed by atoms with Gasteiger partial charge < -0.3 is 4.74 Å². The van der Waals surface area contributed by atoms with E-state index >= 15 is 13.2 Å². The second-order valence-corrected chi connectivity index (χ2v) is 7.70. The molecule has 0 saturated carbocycles. The van der Waals surface area contributed by atoms with E-state index in [9.17, 15) is 8.78 Å². The predicted molar refractivity (Wildman–Crippen MR) is 114 cm³/mol. The number of aryl methyl sites for hydroxylation is 1. The summed E-state index contributed by atoms with van der Waals surface area (Å²) in [6.45, 7) is 5.44. The molecule has 0 radical (unpaired) electrons. The maximum Gasteiger partial charge on any atom is 0.280 e. The van der Waals surface area contributed by atoms with E-state index in [1.165, 1.54) is 36.4 Å². The molecule has 1 nitrogen and oxygen atoms in total. The summed E-state index contributed by atoms with van der Waals surface area (Å²) in [5.41, 5.74) is -0.435. The van der Waals surface area contributed by atoms with Crippen molar-refractivity contribution in [3.8, 4) is 28.0 Å². The van der Waals surface area contributed by atoms with Gasteiger partial charge >= 0.3 is 0 Å². The SMILES string of the molecule is C=CCCc1ccc(-c2ccc3c(c2F)C(F)(F)Cc2c-3ccc(OCC)c2F)cc1F. The lowest BCUT2D eigenvalue weighted by Gasteiger charge is -2.29. The molecule has 0 spiro atoms. The number of fused-ring (bicyclic) bond motifs is 3. The molecule has 3 aromatic rings. The number of hydrogen-bond acceptors (Lipinski definition) is 1. The molecule has 0 aliphatic heterocycles. The van der Waals surface area contributed by atoms with Crippen LogP contribution in [-0.2, 0) is 18.8 Å². The van der Waals surface area contributed by atoms with Crippen LogP contribution in [0.4, 0.5) is 22.0 Å². The van der Waals surface area contributed by atoms with Gasteiger partial charge in [0.25, 0.3) is 5.92 Å². The minimum absolute atomic E-state index is 0.0810. The molecule has 0 atom stereocenters. The van der Waals surface area contributed by atoms with Crippen molar-refractivity contribution in [2.75, 3.05) is 6.61 Å². The average molecular weight is 444 g/mol. The monoisotopic (exact) mass is 444 g/mol. The molecule has 166 valence electrons. The van der Waals surface area contributed by atoms with E-state index in [1.807, 2.05) is 0 Å². The summed E-state index contributed by atoms with van der Waals surface area (Å²) in [6, 6.07) is 9.65. The molecule has 0 bridgehead atoms. The summed E-state index contributed by atoms with van der Waals surface area (Å²) >= 11 is 0. The van der Waals surface area contributed by atoms with Crippen molar-refractivity contribution in [2.24, 2.45) is 0 Å². The van der Waals surface area contributed by atoms with Crippen LogP contribution in [0.3, 0.4) is 0 Å². The van der Waals surface area contributed by atoms with Gasteiger partial charge in [-0.25, -0.2) is 22.0 Å². The second kappa shape index (κ2) is 8.41. The third-order valence-corrected chi connectivity index (χ3v) is 5.69. The highest BCUT2D eigenvalue weighted by atomic mass is 19.3. The Morgan fingerprint density at radius 2 is 1.69 bits per heavy atom. The first kappa shape index (κ1) is 22.1. The molecule has 0 aromatic heterocycles. The molecule has 32 heavy (non-hydrogen) atoms. The van der Waals surface area contributed by atoms with Gasteiger partial charge in [0, 0.05) is 17.5 Å². The fraction of sp³-hybridized carbons (Fsp3) is 0.231. The number of allylic oxidation sites excluding steroid dienone is 1. The van der Waals surface area contributed by atoms with E-state index in [0.29, 0.717) is 18.4 Å². The first-order chi connectivity index (χ1) is 15.3. The molecule has 6 heteroatoms. The van der Waals surface area contributed by atoms with Gasteiger partial charge in [0.1, 0.15) is 11.6 Å². The van der Waals surface area contributed by atoms with Crippen molar-refractivity contribution >= 4 is 0 Å². The Morgan fingerprint density at radius 1 is 0.969 bits per heavy atom. The van der Waals surface area contributed by atoms with Gasteiger partial charge in [-0.3, -0.25) is 0 Å². The second-order valence-electron chi connectivity index (χ2n) is 7.70. The molecule has 0 unspecified atom stereocenters. The largest absolute Gasteiger partial charge is 0.491 e. The van der Waals surface area contributed by atoms with E-state index in [0.717, 1.165) is 6.07 Å². The van der Waals surface area contributed by atoms with Crippen LogP contribution < -0.4 is 4.74 Å². The lowest BCUT2D eigenvalue weighted by molar-refractivity contribution is -0.00911. The third kappa shape index (κ3) is 3.68. The molecule has 0 fully saturated rings. The smallest absolute Gasteiger partial charge is 0.280 e. The normalized spacial score (nSPS) is 13.9. The van der Waals surface area contributed by atoms with Crippen LogP contribution in [0.2, 0.25) is 0 Å². The van der Waals surface area contributed by atoms with Crippen molar-refractivity contribution in [1.82, 2.24) is 0 Å². The van der Waals surface area contributed by atoms with E-state index in [1.54, 1.807) is 13.0 Å². The van der Waals surface area contributed by atoms with Gasteiger partial charge in [0.15, 0.2) is 11.6 Å². The fourth-order valence-electron chi connectivity index (χ4n) is 4.16. The van der Waals surface area contributed by atoms with Gasteiger partial charge in [-0.15, -0.1) is 6.58 Å². The third-order valence-electron chi connectivity index (χ3n) is 5.69. The predicted octanol–water partition coefficient (Wildman–Crippen LogP) is 7.60. The number of benzene rings is 3. The fourth-order valence-corrected chi connectivity index (χ4v) is 4.16. The summed E-state index contributed by atoms with van der Waals surface area (Å²) in [5.74, 6) is -6.29. The standard InChI is InChI=1S/C26H21F5O/c1-3-5-6-15-7-8-16(13-21(15)27)17-9-10-19-18-11-12-22(32-4-2)24(28)20(18)14-26(30,31)23(19)25(17)29/h3,7-13H,1,4-6,14H2,2H3. The Kier molecular flexibility index (Phi) is 5.80. The highest BCUT2D eigenvalue weighted by Gasteiger charge is 2.44. The lowest BCUT2D eigenvalue weighted by Crippen LogP contribution is -2.26. The van der Waals surface area contributed by atoms with Gasteiger partial charge in [-0.1, -0.05) is 36.4 Å². The van der Waals surface area contributed by atoms with Gasteiger partial charge in [0.05, 0.1) is 12.2 Å². The van der Waals surface area contributed by atoms with E-state index in [-0.39, 0.29) is 40.2 Å². The Hall–Kier alpha value is -3.15. The Labute approximate surface area is 183 Å². The lowest BCUT2D eigenvalue weighted by atomic mass is 9.81. The zero-order valence-electron chi connectivity index (χ0n) is 17.5. The number of rotatable bonds is 6. The van der Waals surface area contributed by atoms with Gasteiger partial charge in [-0.05, 0) is 54.2 Å². The van der Waals surface area contributed by atoms with Crippen molar-refractivity contribution in [2.45, 2.75) is 32.1 Å². The Morgan fingerprint density at radius 3 is 2.38 bits per heavy atom. The maximum absolute atomic E-state index is 15.4. The zero-order valence-corrected chi connectivity index (χ0v) is 17.5. The summed E-state index contributed by atoms with van der Waals surface area (Å²) in [5, 5.41) is 0. The Balaban J connectivity index is 1.84. The summed E-state index contributed by atoms with van der Waals surface area (Å²) in [7, 11) is 0. The first-order valence-electron chi connectivity index (χ1n) is 10.3. The van der Waals surface area contributed by atoms with Crippen molar-refractivity contribution in [3.05, 3.63) is 89.3 Å². The maximum atomic E-state index is 15.4. The number of alkyl halides is 2. The highest BCUT2D eigenvalue weighted by Crippen LogP contribution is 2.49. The summed E-state index contributed by atoms with van der Waals surface area (Å²) in [6.07, 6.45) is 1.69. The van der Waals surface area contributed by atoms with Crippen LogP contribution in [0.25, 0.3) is 22.3 Å². The molecule has 1 aliphatic rings. The molecule has 0 amide bonds. The minimum Gasteiger partial charge on any atom is -0.491 e. The van der Waals surface area contributed by atoms with E-state index < -0.39 is 35.4 Å². The van der Waals surface area contributed by atoms with Crippen molar-refractivity contribution < 1.29 is 26.7 Å². The van der Waals surface area contributed by atoms with Gasteiger partial charge in [0.2, 0.25) is 0 Å². The van der Waals surface area contributed by atoms with Crippen LogP contribution in [0.15, 0.2) is 55.1 Å². The molecular weight excluding hydrogens is 423 g/mol. The summed E-state index contributed by atoms with van der Waals surface area (Å²) < 4.78 is 80.0. The van der Waals surface area contributed by atoms with Crippen LogP contribution in [0.1, 0.15) is 30.0 Å². The number of ether oxygens (including phenoxy) is 1. The quantitative estimate of drug-likeness (QED) is 0.281. The van der Waals surface area contributed by atoms with Gasteiger partial charge in [-0.2, -0.15) is 0 Å². The van der Waals surface area contributed by atoms with Crippen LogP contribution in [-0.4, -0.2) is 6.61 Å². The molecule has 3 aromatic carbocycles. The molecule has 1 aliphatic carbocycles. The van der Waals surface area contributed by atoms with E-state index in [2.05, 4.69) is 6.58 Å². The topological polar surface area (TPSA) is 9.23 Å². The van der Waals surface area contributed by atoms with Crippen LogP contribution >= 0.6 is 0 Å². The average Bonchev–Trinajstić information content (AvgIpc) is 2.75. The summed E-state index contributed by atoms with van der Waals surface area (Å²) in [4.78, 5) is 0. The molecule has 0 N–H and O–H groups in total. The van der Waals surface area contributed by atoms with Crippen molar-refractivity contribution in [3.63, 3.8) is 0 Å². The van der Waals surface area contributed by atoms with Crippen LogP contribution in [0.5, 0.6) is 5.75 Å². The molecule has 0 saturated heterocycles. The molecular formula is C26H21F5O. The number of hydrogen-bond donors (Lipinski definition) is 0. The Bertz CT molecular complexity index is 1200. The number of halogens is 5. The van der Waals surface area contributed by atoms with Crippen molar-refractivity contribution in [1.29, 1.82) is 0 Å². The first-order valence-corrected chi connectivity index (χ1v) is 10.3.